The molecule has 2 aromatic rings. The van der Waals surface area contributed by atoms with Gasteiger partial charge in [-0.05, 0) is 61.2 Å². The van der Waals surface area contributed by atoms with Gasteiger partial charge >= 0.3 is 0 Å². The molecule has 0 bridgehead atoms. The predicted octanol–water partition coefficient (Wildman–Crippen LogP) is 5.37. The van der Waals surface area contributed by atoms with E-state index in [1.54, 1.807) is 18.2 Å². The van der Waals surface area contributed by atoms with Crippen LogP contribution in [0.2, 0.25) is 10.0 Å². The van der Waals surface area contributed by atoms with Gasteiger partial charge in [0.05, 0.1) is 5.02 Å². The molecule has 4 heteroatoms. The largest absolute Gasteiger partial charge is 0.456 e. The van der Waals surface area contributed by atoms with Crippen molar-refractivity contribution in [2.45, 2.75) is 32.7 Å². The first-order valence-electron chi connectivity index (χ1n) is 6.97. The molecule has 0 saturated heterocycles. The van der Waals surface area contributed by atoms with Gasteiger partial charge in [0.2, 0.25) is 0 Å². The highest BCUT2D eigenvalue weighted by Crippen LogP contribution is 2.32. The lowest BCUT2D eigenvalue weighted by Crippen LogP contribution is -2.21. The van der Waals surface area contributed by atoms with E-state index in [-0.39, 0.29) is 6.04 Å². The number of aryl methyl sites for hydroxylation is 1. The van der Waals surface area contributed by atoms with Gasteiger partial charge in [0.25, 0.3) is 0 Å². The van der Waals surface area contributed by atoms with Gasteiger partial charge in [0.15, 0.2) is 0 Å². The van der Waals surface area contributed by atoms with E-state index in [0.717, 1.165) is 18.6 Å². The standard InChI is InChI=1S/C17H19Cl2NO/c1-3-14(20)9-12-4-6-15(8-11(12)2)21-17-7-5-13(18)10-16(17)19/h4-8,10,14H,3,9,20H2,1-2H3. The van der Waals surface area contributed by atoms with E-state index in [4.69, 9.17) is 33.7 Å². The summed E-state index contributed by atoms with van der Waals surface area (Å²) in [6, 6.07) is 11.4. The summed E-state index contributed by atoms with van der Waals surface area (Å²) in [7, 11) is 0. The molecule has 0 aliphatic rings. The Bertz CT molecular complexity index is 628. The maximum atomic E-state index is 6.11. The van der Waals surface area contributed by atoms with Crippen molar-refractivity contribution in [3.63, 3.8) is 0 Å². The Kier molecular flexibility index (Phi) is 5.51. The molecular weight excluding hydrogens is 305 g/mol. The zero-order chi connectivity index (χ0) is 15.4. The molecule has 2 rings (SSSR count). The van der Waals surface area contributed by atoms with E-state index in [2.05, 4.69) is 19.9 Å². The highest BCUT2D eigenvalue weighted by Gasteiger charge is 2.08. The monoisotopic (exact) mass is 323 g/mol. The lowest BCUT2D eigenvalue weighted by molar-refractivity contribution is 0.482. The van der Waals surface area contributed by atoms with Gasteiger partial charge in [-0.15, -0.1) is 0 Å². The Morgan fingerprint density at radius 2 is 1.90 bits per heavy atom. The van der Waals surface area contributed by atoms with Crippen molar-refractivity contribution >= 4 is 23.2 Å². The van der Waals surface area contributed by atoms with Crippen molar-refractivity contribution in [2.24, 2.45) is 5.73 Å². The number of benzene rings is 2. The topological polar surface area (TPSA) is 35.2 Å². The van der Waals surface area contributed by atoms with Crippen molar-refractivity contribution < 1.29 is 4.74 Å². The molecule has 0 heterocycles. The maximum absolute atomic E-state index is 6.11. The van der Waals surface area contributed by atoms with E-state index < -0.39 is 0 Å². The third-order valence-corrected chi connectivity index (χ3v) is 3.97. The highest BCUT2D eigenvalue weighted by atomic mass is 35.5. The van der Waals surface area contributed by atoms with Gasteiger partial charge in [-0.2, -0.15) is 0 Å². The van der Waals surface area contributed by atoms with Crippen LogP contribution in [0.25, 0.3) is 0 Å². The third-order valence-electron chi connectivity index (χ3n) is 3.44. The van der Waals surface area contributed by atoms with Gasteiger partial charge in [-0.25, -0.2) is 0 Å². The van der Waals surface area contributed by atoms with Gasteiger partial charge in [0, 0.05) is 11.1 Å². The fraction of sp³-hybridized carbons (Fsp3) is 0.294. The second-order valence-electron chi connectivity index (χ2n) is 5.14. The summed E-state index contributed by atoms with van der Waals surface area (Å²) < 4.78 is 5.81. The van der Waals surface area contributed by atoms with Gasteiger partial charge < -0.3 is 10.5 Å². The van der Waals surface area contributed by atoms with E-state index in [1.165, 1.54) is 11.1 Å². The summed E-state index contributed by atoms with van der Waals surface area (Å²) >= 11 is 12.0. The summed E-state index contributed by atoms with van der Waals surface area (Å²) in [5.41, 5.74) is 8.43. The van der Waals surface area contributed by atoms with Crippen molar-refractivity contribution in [3.8, 4) is 11.5 Å². The average Bonchev–Trinajstić information content (AvgIpc) is 2.44. The molecule has 0 aliphatic carbocycles. The summed E-state index contributed by atoms with van der Waals surface area (Å²) in [5, 5.41) is 1.09. The molecule has 0 spiro atoms. The van der Waals surface area contributed by atoms with E-state index >= 15 is 0 Å². The fourth-order valence-corrected chi connectivity index (χ4v) is 2.52. The minimum Gasteiger partial charge on any atom is -0.456 e. The molecule has 2 nitrogen and oxygen atoms in total. The van der Waals surface area contributed by atoms with E-state index in [9.17, 15) is 0 Å². The molecule has 0 aliphatic heterocycles. The highest BCUT2D eigenvalue weighted by molar-refractivity contribution is 6.35. The number of ether oxygens (including phenoxy) is 1. The van der Waals surface area contributed by atoms with Crippen LogP contribution in [0.4, 0.5) is 0 Å². The maximum Gasteiger partial charge on any atom is 0.146 e. The Morgan fingerprint density at radius 1 is 1.14 bits per heavy atom. The summed E-state index contributed by atoms with van der Waals surface area (Å²) in [6.45, 7) is 4.16. The van der Waals surface area contributed by atoms with Crippen LogP contribution in [-0.2, 0) is 6.42 Å². The fourth-order valence-electron chi connectivity index (χ4n) is 2.07. The number of hydrogen-bond donors (Lipinski definition) is 1. The van der Waals surface area contributed by atoms with Crippen molar-refractivity contribution in [3.05, 3.63) is 57.6 Å². The predicted molar refractivity (Wildman–Crippen MR) is 89.7 cm³/mol. The lowest BCUT2D eigenvalue weighted by atomic mass is 10.00. The Hall–Kier alpha value is -1.22. The lowest BCUT2D eigenvalue weighted by Gasteiger charge is -2.13. The Balaban J connectivity index is 2.16. The summed E-state index contributed by atoms with van der Waals surface area (Å²) in [5.74, 6) is 1.35. The van der Waals surface area contributed by atoms with Crippen LogP contribution < -0.4 is 10.5 Å². The van der Waals surface area contributed by atoms with Crippen LogP contribution in [0, 0.1) is 6.92 Å². The number of rotatable bonds is 5. The van der Waals surface area contributed by atoms with Crippen molar-refractivity contribution in [1.82, 2.24) is 0 Å². The first kappa shape index (κ1) is 16.2. The van der Waals surface area contributed by atoms with Crippen LogP contribution >= 0.6 is 23.2 Å². The molecule has 2 N–H and O–H groups in total. The summed E-state index contributed by atoms with van der Waals surface area (Å²) in [4.78, 5) is 0. The minimum atomic E-state index is 0.196. The normalized spacial score (nSPS) is 12.2. The molecule has 0 aromatic heterocycles. The SMILES string of the molecule is CCC(N)Cc1ccc(Oc2ccc(Cl)cc2Cl)cc1C. The molecule has 0 radical (unpaired) electrons. The molecular formula is C17H19Cl2NO. The molecule has 0 amide bonds. The van der Waals surface area contributed by atoms with Crippen LogP contribution in [0.1, 0.15) is 24.5 Å². The zero-order valence-electron chi connectivity index (χ0n) is 12.2. The molecule has 1 atom stereocenters. The molecule has 112 valence electrons. The molecule has 21 heavy (non-hydrogen) atoms. The van der Waals surface area contributed by atoms with Crippen LogP contribution in [0.15, 0.2) is 36.4 Å². The summed E-state index contributed by atoms with van der Waals surface area (Å²) in [6.07, 6.45) is 1.85. The Labute approximate surface area is 135 Å². The first-order chi connectivity index (χ1) is 9.99. The van der Waals surface area contributed by atoms with Crippen molar-refractivity contribution in [2.75, 3.05) is 0 Å². The van der Waals surface area contributed by atoms with Crippen LogP contribution in [0.3, 0.4) is 0 Å². The van der Waals surface area contributed by atoms with E-state index in [1.807, 2.05) is 12.1 Å². The second kappa shape index (κ2) is 7.17. The quantitative estimate of drug-likeness (QED) is 0.802. The van der Waals surface area contributed by atoms with Crippen LogP contribution in [0.5, 0.6) is 11.5 Å². The van der Waals surface area contributed by atoms with E-state index in [0.29, 0.717) is 15.8 Å². The minimum absolute atomic E-state index is 0.196. The zero-order valence-corrected chi connectivity index (χ0v) is 13.7. The van der Waals surface area contributed by atoms with Gasteiger partial charge in [0.1, 0.15) is 11.5 Å². The second-order valence-corrected chi connectivity index (χ2v) is 5.98. The molecule has 0 fully saturated rings. The molecule has 1 unspecified atom stereocenters. The smallest absolute Gasteiger partial charge is 0.146 e. The average molecular weight is 324 g/mol. The van der Waals surface area contributed by atoms with Gasteiger partial charge in [-0.3, -0.25) is 0 Å². The number of hydrogen-bond acceptors (Lipinski definition) is 2. The number of halogens is 2. The Morgan fingerprint density at radius 3 is 2.52 bits per heavy atom. The third kappa shape index (κ3) is 4.37. The number of nitrogens with two attached hydrogens (primary N) is 1. The molecule has 2 aromatic carbocycles. The van der Waals surface area contributed by atoms with Crippen LogP contribution in [-0.4, -0.2) is 6.04 Å². The first-order valence-corrected chi connectivity index (χ1v) is 7.73. The van der Waals surface area contributed by atoms with Gasteiger partial charge in [-0.1, -0.05) is 36.2 Å². The molecule has 0 saturated carbocycles. The van der Waals surface area contributed by atoms with Crippen molar-refractivity contribution in [1.29, 1.82) is 0 Å².